The number of carbonyl (C=O) groups is 1. The summed E-state index contributed by atoms with van der Waals surface area (Å²) < 4.78 is 1.99. The van der Waals surface area contributed by atoms with Crippen molar-refractivity contribution in [3.63, 3.8) is 0 Å². The van der Waals surface area contributed by atoms with Gasteiger partial charge in [0.1, 0.15) is 0 Å². The molecule has 0 aliphatic rings. The minimum atomic E-state index is -0.763. The molecule has 2 heterocycles. The molecule has 5 heteroatoms. The molecule has 0 atom stereocenters. The van der Waals surface area contributed by atoms with E-state index in [1.807, 2.05) is 29.6 Å². The van der Waals surface area contributed by atoms with Gasteiger partial charge in [-0.2, -0.15) is 10.4 Å². The van der Waals surface area contributed by atoms with Crippen LogP contribution in [-0.4, -0.2) is 20.7 Å². The quantitative estimate of drug-likeness (QED) is 0.627. The van der Waals surface area contributed by atoms with Crippen LogP contribution in [0.4, 0.5) is 0 Å². The number of carboxylic acids is 1. The second kappa shape index (κ2) is 8.05. The highest BCUT2D eigenvalue weighted by Crippen LogP contribution is 2.33. The molecule has 3 aromatic rings. The molecular formula is C22H23N3O2. The molecule has 0 fully saturated rings. The van der Waals surface area contributed by atoms with Gasteiger partial charge in [-0.3, -0.25) is 4.79 Å². The lowest BCUT2D eigenvalue weighted by molar-refractivity contribution is -0.137. The maximum atomic E-state index is 10.8. The zero-order valence-corrected chi connectivity index (χ0v) is 15.7. The maximum Gasteiger partial charge on any atom is 0.303 e. The van der Waals surface area contributed by atoms with Gasteiger partial charge in [-0.15, -0.1) is 0 Å². The minimum Gasteiger partial charge on any atom is -0.481 e. The van der Waals surface area contributed by atoms with E-state index in [-0.39, 0.29) is 6.42 Å². The topological polar surface area (TPSA) is 78.4 Å². The molecule has 0 amide bonds. The number of aryl methyl sites for hydroxylation is 2. The molecule has 138 valence electrons. The summed E-state index contributed by atoms with van der Waals surface area (Å²) in [6, 6.07) is 14.0. The average molecular weight is 361 g/mol. The maximum absolute atomic E-state index is 10.8. The highest BCUT2D eigenvalue weighted by Gasteiger charge is 2.17. The van der Waals surface area contributed by atoms with E-state index < -0.39 is 5.97 Å². The lowest BCUT2D eigenvalue weighted by atomic mass is 9.94. The summed E-state index contributed by atoms with van der Waals surface area (Å²) in [6.07, 6.45) is 3.26. The molecule has 0 spiro atoms. The van der Waals surface area contributed by atoms with Gasteiger partial charge < -0.3 is 5.11 Å². The average Bonchev–Trinajstić information content (AvgIpc) is 3.07. The molecule has 0 bridgehead atoms. The molecule has 1 aromatic carbocycles. The SMILES string of the molecule is CCc1ccc2c(-c3cccc(C#N)c3)c(CCCCC(=O)O)c(C)nn12. The third-order valence-corrected chi connectivity index (χ3v) is 4.89. The van der Waals surface area contributed by atoms with E-state index >= 15 is 0 Å². The van der Waals surface area contributed by atoms with Crippen LogP contribution in [0.1, 0.15) is 48.7 Å². The third-order valence-electron chi connectivity index (χ3n) is 4.89. The Morgan fingerprint density at radius 1 is 1.26 bits per heavy atom. The van der Waals surface area contributed by atoms with Gasteiger partial charge in [-0.05, 0) is 68.0 Å². The predicted molar refractivity (Wildman–Crippen MR) is 105 cm³/mol. The van der Waals surface area contributed by atoms with E-state index in [9.17, 15) is 10.1 Å². The van der Waals surface area contributed by atoms with Crippen LogP contribution < -0.4 is 0 Å². The van der Waals surface area contributed by atoms with Crippen molar-refractivity contribution in [2.75, 3.05) is 0 Å². The largest absolute Gasteiger partial charge is 0.481 e. The van der Waals surface area contributed by atoms with E-state index in [0.717, 1.165) is 52.9 Å². The number of fused-ring (bicyclic) bond motifs is 1. The van der Waals surface area contributed by atoms with Crippen LogP contribution in [0.5, 0.6) is 0 Å². The fourth-order valence-corrected chi connectivity index (χ4v) is 3.54. The summed E-state index contributed by atoms with van der Waals surface area (Å²) in [5.41, 5.74) is 6.96. The first kappa shape index (κ1) is 18.7. The van der Waals surface area contributed by atoms with Crippen LogP contribution >= 0.6 is 0 Å². The number of aromatic nitrogens is 2. The predicted octanol–water partition coefficient (Wildman–Crippen LogP) is 4.54. The normalized spacial score (nSPS) is 10.9. The smallest absolute Gasteiger partial charge is 0.303 e. The molecule has 0 saturated carbocycles. The van der Waals surface area contributed by atoms with Gasteiger partial charge >= 0.3 is 5.97 Å². The Morgan fingerprint density at radius 2 is 2.07 bits per heavy atom. The van der Waals surface area contributed by atoms with Gasteiger partial charge in [-0.25, -0.2) is 4.52 Å². The molecule has 1 N–H and O–H groups in total. The standard InChI is InChI=1S/C22H23N3O2/c1-3-18-11-12-20-22(17-8-6-7-16(13-17)14-23)19(15(2)24-25(18)20)9-4-5-10-21(26)27/h6-8,11-13H,3-5,9-10H2,1-2H3,(H,26,27). The Morgan fingerprint density at radius 3 is 2.78 bits per heavy atom. The highest BCUT2D eigenvalue weighted by atomic mass is 16.4. The molecule has 2 aromatic heterocycles. The van der Waals surface area contributed by atoms with E-state index in [2.05, 4.69) is 25.1 Å². The fraction of sp³-hybridized carbons (Fsp3) is 0.318. The lowest BCUT2D eigenvalue weighted by Gasteiger charge is -2.16. The second-order valence-electron chi connectivity index (χ2n) is 6.71. The number of nitrogens with zero attached hydrogens (tertiary/aromatic N) is 3. The molecule has 3 rings (SSSR count). The molecule has 0 saturated heterocycles. The Hall–Kier alpha value is -3.13. The minimum absolute atomic E-state index is 0.180. The first-order valence-corrected chi connectivity index (χ1v) is 9.27. The summed E-state index contributed by atoms with van der Waals surface area (Å²) in [6.45, 7) is 4.11. The molecule has 0 radical (unpaired) electrons. The van der Waals surface area contributed by atoms with E-state index in [4.69, 9.17) is 10.2 Å². The van der Waals surface area contributed by atoms with Crippen LogP contribution in [0, 0.1) is 18.3 Å². The van der Waals surface area contributed by atoms with Crippen molar-refractivity contribution in [1.82, 2.24) is 9.61 Å². The van der Waals surface area contributed by atoms with Crippen LogP contribution in [0.25, 0.3) is 16.6 Å². The summed E-state index contributed by atoms with van der Waals surface area (Å²) in [5.74, 6) is -0.763. The van der Waals surface area contributed by atoms with Crippen molar-refractivity contribution >= 4 is 11.5 Å². The fourth-order valence-electron chi connectivity index (χ4n) is 3.54. The van der Waals surface area contributed by atoms with Crippen molar-refractivity contribution < 1.29 is 9.90 Å². The highest BCUT2D eigenvalue weighted by molar-refractivity contribution is 5.84. The monoisotopic (exact) mass is 361 g/mol. The van der Waals surface area contributed by atoms with Crippen molar-refractivity contribution in [1.29, 1.82) is 5.26 Å². The van der Waals surface area contributed by atoms with Crippen molar-refractivity contribution in [2.24, 2.45) is 0 Å². The molecular weight excluding hydrogens is 338 g/mol. The first-order chi connectivity index (χ1) is 13.0. The molecule has 27 heavy (non-hydrogen) atoms. The Bertz CT molecular complexity index is 1030. The van der Waals surface area contributed by atoms with Crippen molar-refractivity contribution in [2.45, 2.75) is 46.0 Å². The number of carboxylic acid groups (broad SMARTS) is 1. The number of hydrogen-bond acceptors (Lipinski definition) is 3. The van der Waals surface area contributed by atoms with Crippen LogP contribution in [-0.2, 0) is 17.6 Å². The van der Waals surface area contributed by atoms with Crippen LogP contribution in [0.3, 0.4) is 0 Å². The number of nitriles is 1. The number of aliphatic carboxylic acids is 1. The van der Waals surface area contributed by atoms with E-state index in [0.29, 0.717) is 12.0 Å². The van der Waals surface area contributed by atoms with Crippen LogP contribution in [0.15, 0.2) is 36.4 Å². The van der Waals surface area contributed by atoms with Crippen LogP contribution in [0.2, 0.25) is 0 Å². The van der Waals surface area contributed by atoms with Crippen molar-refractivity contribution in [3.05, 3.63) is 58.9 Å². The number of unbranched alkanes of at least 4 members (excludes halogenated alkanes) is 1. The second-order valence-corrected chi connectivity index (χ2v) is 6.71. The third kappa shape index (κ3) is 3.85. The van der Waals surface area contributed by atoms with Gasteiger partial charge in [0.25, 0.3) is 0 Å². The van der Waals surface area contributed by atoms with Gasteiger partial charge in [0.2, 0.25) is 0 Å². The molecule has 0 aliphatic heterocycles. The van der Waals surface area contributed by atoms with Gasteiger partial charge in [-0.1, -0.05) is 19.1 Å². The van der Waals surface area contributed by atoms with Gasteiger partial charge in [0.15, 0.2) is 0 Å². The Balaban J connectivity index is 2.13. The summed E-state index contributed by atoms with van der Waals surface area (Å²) in [7, 11) is 0. The summed E-state index contributed by atoms with van der Waals surface area (Å²) in [4.78, 5) is 10.8. The lowest BCUT2D eigenvalue weighted by Crippen LogP contribution is -2.06. The summed E-state index contributed by atoms with van der Waals surface area (Å²) >= 11 is 0. The first-order valence-electron chi connectivity index (χ1n) is 9.27. The van der Waals surface area contributed by atoms with Crippen molar-refractivity contribution in [3.8, 4) is 17.2 Å². The van der Waals surface area contributed by atoms with E-state index in [1.165, 1.54) is 0 Å². The zero-order chi connectivity index (χ0) is 19.4. The zero-order valence-electron chi connectivity index (χ0n) is 15.7. The van der Waals surface area contributed by atoms with E-state index in [1.54, 1.807) is 6.07 Å². The van der Waals surface area contributed by atoms with Gasteiger partial charge in [0.05, 0.1) is 22.8 Å². The number of benzene rings is 1. The Kier molecular flexibility index (Phi) is 5.56. The number of hydrogen-bond donors (Lipinski definition) is 1. The number of rotatable bonds is 7. The molecule has 0 unspecified atom stereocenters. The van der Waals surface area contributed by atoms with Gasteiger partial charge in [0, 0.05) is 17.7 Å². The Labute approximate surface area is 158 Å². The summed E-state index contributed by atoms with van der Waals surface area (Å²) in [5, 5.41) is 23.0. The molecule has 5 nitrogen and oxygen atoms in total. The molecule has 0 aliphatic carbocycles.